The number of benzene rings is 2. The Bertz CT molecular complexity index is 754. The smallest absolute Gasteiger partial charge is 0.326 e. The van der Waals surface area contributed by atoms with Gasteiger partial charge in [0, 0.05) is 13.0 Å². The van der Waals surface area contributed by atoms with Crippen LogP contribution in [0, 0.1) is 0 Å². The molecule has 0 spiro atoms. The second-order valence-corrected chi connectivity index (χ2v) is 5.87. The molecular weight excluding hydrogens is 306 g/mol. The highest BCUT2D eigenvalue weighted by molar-refractivity contribution is 5.85. The number of rotatable bonds is 4. The van der Waals surface area contributed by atoms with Gasteiger partial charge in [-0.15, -0.1) is 0 Å². The van der Waals surface area contributed by atoms with Crippen molar-refractivity contribution in [3.8, 4) is 5.75 Å². The van der Waals surface area contributed by atoms with Crippen LogP contribution in [0.3, 0.4) is 0 Å². The van der Waals surface area contributed by atoms with Crippen LogP contribution in [0.15, 0.2) is 48.5 Å². The Labute approximate surface area is 140 Å². The molecule has 2 aromatic carbocycles. The first kappa shape index (κ1) is 16.1. The van der Waals surface area contributed by atoms with Crippen molar-refractivity contribution >= 4 is 11.9 Å². The molecule has 5 nitrogen and oxygen atoms in total. The molecule has 0 saturated carbocycles. The van der Waals surface area contributed by atoms with Crippen molar-refractivity contribution in [1.29, 1.82) is 0 Å². The zero-order valence-electron chi connectivity index (χ0n) is 13.4. The van der Waals surface area contributed by atoms with E-state index in [0.29, 0.717) is 13.0 Å². The van der Waals surface area contributed by atoms with Crippen molar-refractivity contribution < 1.29 is 19.4 Å². The van der Waals surface area contributed by atoms with Crippen LogP contribution in [-0.4, -0.2) is 35.0 Å². The molecule has 1 amide bonds. The lowest BCUT2D eigenvalue weighted by molar-refractivity contribution is -0.151. The Hall–Kier alpha value is -2.82. The molecule has 24 heavy (non-hydrogen) atoms. The summed E-state index contributed by atoms with van der Waals surface area (Å²) in [6.45, 7) is 0.335. The first-order chi connectivity index (χ1) is 11.6. The number of aliphatic carboxylic acids is 1. The summed E-state index contributed by atoms with van der Waals surface area (Å²) in [5.41, 5.74) is 2.85. The first-order valence-electron chi connectivity index (χ1n) is 7.80. The van der Waals surface area contributed by atoms with Crippen molar-refractivity contribution in [1.82, 2.24) is 4.90 Å². The minimum Gasteiger partial charge on any atom is -0.497 e. The van der Waals surface area contributed by atoms with Gasteiger partial charge in [0.15, 0.2) is 0 Å². The number of nitrogens with zero attached hydrogens (tertiary/aromatic N) is 1. The van der Waals surface area contributed by atoms with Gasteiger partial charge in [0.05, 0.1) is 13.5 Å². The van der Waals surface area contributed by atoms with Gasteiger partial charge in [-0.25, -0.2) is 4.79 Å². The third kappa shape index (κ3) is 3.25. The van der Waals surface area contributed by atoms with Gasteiger partial charge in [0.25, 0.3) is 0 Å². The van der Waals surface area contributed by atoms with Gasteiger partial charge >= 0.3 is 5.97 Å². The van der Waals surface area contributed by atoms with Crippen molar-refractivity contribution in [2.24, 2.45) is 0 Å². The maximum absolute atomic E-state index is 12.7. The summed E-state index contributed by atoms with van der Waals surface area (Å²) in [5.74, 6) is -0.420. The predicted octanol–water partition coefficient (Wildman–Crippen LogP) is 2.28. The van der Waals surface area contributed by atoms with Gasteiger partial charge in [-0.2, -0.15) is 0 Å². The summed E-state index contributed by atoms with van der Waals surface area (Å²) in [5, 5.41) is 9.51. The second kappa shape index (κ2) is 6.74. The van der Waals surface area contributed by atoms with E-state index in [1.54, 1.807) is 19.2 Å². The van der Waals surface area contributed by atoms with Gasteiger partial charge in [-0.1, -0.05) is 36.4 Å². The van der Waals surface area contributed by atoms with E-state index in [9.17, 15) is 14.7 Å². The van der Waals surface area contributed by atoms with E-state index in [4.69, 9.17) is 4.74 Å². The fraction of sp³-hybridized carbons (Fsp3) is 0.263. The average molecular weight is 325 g/mol. The summed E-state index contributed by atoms with van der Waals surface area (Å²) >= 11 is 0. The number of fused-ring (bicyclic) bond motifs is 1. The van der Waals surface area contributed by atoms with Crippen LogP contribution in [0.4, 0.5) is 0 Å². The standard InChI is InChI=1S/C19H19NO4/c1-24-16-8-6-13(7-9-16)10-18(21)20-12-15-5-3-2-4-14(15)11-17(20)19(22)23/h2-9,17H,10-12H2,1H3,(H,22,23)/t17-/m1/s1. The molecule has 0 aliphatic carbocycles. The van der Waals surface area contributed by atoms with E-state index in [1.807, 2.05) is 36.4 Å². The third-order valence-electron chi connectivity index (χ3n) is 4.37. The van der Waals surface area contributed by atoms with Crippen LogP contribution >= 0.6 is 0 Å². The number of hydrogen-bond donors (Lipinski definition) is 1. The van der Waals surface area contributed by atoms with Crippen LogP contribution in [0.5, 0.6) is 5.75 Å². The van der Waals surface area contributed by atoms with Crippen LogP contribution in [0.1, 0.15) is 16.7 Å². The molecule has 0 saturated heterocycles. The molecule has 1 aliphatic rings. The molecule has 3 rings (SSSR count). The number of ether oxygens (including phenoxy) is 1. The monoisotopic (exact) mass is 325 g/mol. The largest absolute Gasteiger partial charge is 0.497 e. The zero-order chi connectivity index (χ0) is 17.1. The molecule has 1 heterocycles. The van der Waals surface area contributed by atoms with Crippen molar-refractivity contribution in [2.75, 3.05) is 7.11 Å². The topological polar surface area (TPSA) is 66.8 Å². The Morgan fingerprint density at radius 1 is 1.12 bits per heavy atom. The summed E-state index contributed by atoms with van der Waals surface area (Å²) in [4.78, 5) is 25.7. The van der Waals surface area contributed by atoms with E-state index in [1.165, 1.54) is 4.90 Å². The van der Waals surface area contributed by atoms with Gasteiger partial charge < -0.3 is 14.7 Å². The Morgan fingerprint density at radius 3 is 2.42 bits per heavy atom. The van der Waals surface area contributed by atoms with E-state index >= 15 is 0 Å². The Morgan fingerprint density at radius 2 is 1.79 bits per heavy atom. The highest BCUT2D eigenvalue weighted by atomic mass is 16.5. The number of carboxylic acid groups (broad SMARTS) is 1. The minimum absolute atomic E-state index is 0.177. The first-order valence-corrected chi connectivity index (χ1v) is 7.80. The van der Waals surface area contributed by atoms with Gasteiger partial charge in [0.1, 0.15) is 11.8 Å². The fourth-order valence-corrected chi connectivity index (χ4v) is 3.03. The summed E-state index contributed by atoms with van der Waals surface area (Å²) < 4.78 is 5.10. The molecule has 0 radical (unpaired) electrons. The third-order valence-corrected chi connectivity index (χ3v) is 4.37. The zero-order valence-corrected chi connectivity index (χ0v) is 13.4. The molecular formula is C19H19NO4. The van der Waals surface area contributed by atoms with Crippen LogP contribution in [0.2, 0.25) is 0 Å². The van der Waals surface area contributed by atoms with E-state index in [2.05, 4.69) is 0 Å². The van der Waals surface area contributed by atoms with Crippen molar-refractivity contribution in [3.05, 3.63) is 65.2 Å². The van der Waals surface area contributed by atoms with Gasteiger partial charge in [-0.05, 0) is 28.8 Å². The van der Waals surface area contributed by atoms with Crippen LogP contribution in [0.25, 0.3) is 0 Å². The maximum atomic E-state index is 12.7. The quantitative estimate of drug-likeness (QED) is 0.936. The highest BCUT2D eigenvalue weighted by Crippen LogP contribution is 2.24. The molecule has 0 aromatic heterocycles. The maximum Gasteiger partial charge on any atom is 0.326 e. The lowest BCUT2D eigenvalue weighted by atomic mass is 9.93. The van der Waals surface area contributed by atoms with Crippen molar-refractivity contribution in [2.45, 2.75) is 25.4 Å². The molecule has 0 fully saturated rings. The van der Waals surface area contributed by atoms with E-state index in [-0.39, 0.29) is 12.3 Å². The summed E-state index contributed by atoms with van der Waals surface area (Å²) in [6.07, 6.45) is 0.524. The number of carboxylic acids is 1. The number of amides is 1. The molecule has 1 aliphatic heterocycles. The van der Waals surface area contributed by atoms with Gasteiger partial charge in [0.2, 0.25) is 5.91 Å². The molecule has 5 heteroatoms. The van der Waals surface area contributed by atoms with Crippen molar-refractivity contribution in [3.63, 3.8) is 0 Å². The summed E-state index contributed by atoms with van der Waals surface area (Å²) in [6, 6.07) is 14.1. The summed E-state index contributed by atoms with van der Waals surface area (Å²) in [7, 11) is 1.59. The number of carbonyl (C=O) groups excluding carboxylic acids is 1. The lowest BCUT2D eigenvalue weighted by Gasteiger charge is -2.34. The SMILES string of the molecule is COc1ccc(CC(=O)N2Cc3ccccc3C[C@@H]2C(=O)O)cc1. The van der Waals surface area contributed by atoms with E-state index < -0.39 is 12.0 Å². The normalized spacial score (nSPS) is 16.4. The van der Waals surface area contributed by atoms with Gasteiger partial charge in [-0.3, -0.25) is 4.79 Å². The molecule has 1 atom stereocenters. The number of carbonyl (C=O) groups is 2. The second-order valence-electron chi connectivity index (χ2n) is 5.87. The average Bonchev–Trinajstić information content (AvgIpc) is 2.61. The molecule has 1 N–H and O–H groups in total. The lowest BCUT2D eigenvalue weighted by Crippen LogP contribution is -2.49. The van der Waals surface area contributed by atoms with E-state index in [0.717, 1.165) is 22.4 Å². The highest BCUT2D eigenvalue weighted by Gasteiger charge is 2.34. The fourth-order valence-electron chi connectivity index (χ4n) is 3.03. The number of hydrogen-bond acceptors (Lipinski definition) is 3. The van der Waals surface area contributed by atoms with Crippen LogP contribution in [-0.2, 0) is 29.0 Å². The molecule has 0 unspecified atom stereocenters. The minimum atomic E-state index is -0.965. The molecule has 0 bridgehead atoms. The molecule has 2 aromatic rings. The Kier molecular flexibility index (Phi) is 4.51. The van der Waals surface area contributed by atoms with Crippen LogP contribution < -0.4 is 4.74 Å². The Balaban J connectivity index is 1.80. The number of methoxy groups -OCH3 is 1. The predicted molar refractivity (Wildman–Crippen MR) is 88.8 cm³/mol. The molecule has 124 valence electrons.